The van der Waals surface area contributed by atoms with Gasteiger partial charge in [0.25, 0.3) is 0 Å². The summed E-state index contributed by atoms with van der Waals surface area (Å²) in [6, 6.07) is 3.65. The summed E-state index contributed by atoms with van der Waals surface area (Å²) in [5.41, 5.74) is -0.490. The van der Waals surface area contributed by atoms with Gasteiger partial charge in [-0.1, -0.05) is 0 Å². The molecule has 1 aliphatic heterocycles. The van der Waals surface area contributed by atoms with Gasteiger partial charge in [0.1, 0.15) is 17.5 Å². The van der Waals surface area contributed by atoms with Crippen molar-refractivity contribution in [2.45, 2.75) is 51.9 Å². The topological polar surface area (TPSA) is 60.9 Å². The number of hydrogen-bond acceptors (Lipinski definition) is 5. The van der Waals surface area contributed by atoms with Crippen LogP contribution in [0.15, 0.2) is 18.3 Å². The third-order valence-electron chi connectivity index (χ3n) is 3.39. The summed E-state index contributed by atoms with van der Waals surface area (Å²) in [5.74, 6) is 1.21. The quantitative estimate of drug-likeness (QED) is 0.859. The summed E-state index contributed by atoms with van der Waals surface area (Å²) < 4.78 is 16.3. The van der Waals surface area contributed by atoms with E-state index in [2.05, 4.69) is 4.98 Å². The Balaban J connectivity index is 1.93. The van der Waals surface area contributed by atoms with Crippen molar-refractivity contribution in [3.8, 4) is 11.6 Å². The number of ether oxygens (including phenoxy) is 3. The molecule has 0 aliphatic carbocycles. The lowest BCUT2D eigenvalue weighted by Gasteiger charge is -2.26. The molecular weight excluding hydrogens is 284 g/mol. The Morgan fingerprint density at radius 2 is 2.09 bits per heavy atom. The first-order valence-electron chi connectivity index (χ1n) is 7.45. The number of hydrogen-bond donors (Lipinski definition) is 0. The highest BCUT2D eigenvalue weighted by molar-refractivity contribution is 5.69. The number of amides is 1. The Labute approximate surface area is 131 Å². The zero-order chi connectivity index (χ0) is 16.3. The number of carbonyl (C=O) groups excluding carboxylic acids is 1. The number of likely N-dealkylation sites (tertiary alicyclic amines) is 1. The molecule has 6 nitrogen and oxygen atoms in total. The first-order valence-corrected chi connectivity index (χ1v) is 7.45. The fraction of sp³-hybridized carbons (Fsp3) is 0.625. The number of carbonyl (C=O) groups is 1. The Bertz CT molecular complexity index is 510. The van der Waals surface area contributed by atoms with Crippen LogP contribution in [-0.4, -0.2) is 47.4 Å². The molecule has 6 heteroatoms. The average Bonchev–Trinajstić information content (AvgIpc) is 2.79. The van der Waals surface area contributed by atoms with E-state index in [4.69, 9.17) is 14.2 Å². The molecule has 1 aromatic heterocycles. The van der Waals surface area contributed by atoms with Gasteiger partial charge in [-0.3, -0.25) is 0 Å². The van der Waals surface area contributed by atoms with Crippen molar-refractivity contribution in [1.82, 2.24) is 9.88 Å². The Morgan fingerprint density at radius 1 is 1.36 bits per heavy atom. The van der Waals surface area contributed by atoms with Gasteiger partial charge in [-0.15, -0.1) is 0 Å². The molecule has 1 fully saturated rings. The Kier molecular flexibility index (Phi) is 4.78. The van der Waals surface area contributed by atoms with Crippen LogP contribution in [0.5, 0.6) is 11.6 Å². The summed E-state index contributed by atoms with van der Waals surface area (Å²) in [5, 5.41) is 0. The summed E-state index contributed by atoms with van der Waals surface area (Å²) in [6.07, 6.45) is 2.04. The minimum absolute atomic E-state index is 0.0577. The van der Waals surface area contributed by atoms with Gasteiger partial charge in [0.2, 0.25) is 5.88 Å². The first-order chi connectivity index (χ1) is 10.3. The van der Waals surface area contributed by atoms with Gasteiger partial charge in [0, 0.05) is 18.5 Å². The van der Waals surface area contributed by atoms with Gasteiger partial charge in [0.15, 0.2) is 0 Å². The van der Waals surface area contributed by atoms with Crippen LogP contribution in [0.1, 0.15) is 34.1 Å². The monoisotopic (exact) mass is 308 g/mol. The zero-order valence-electron chi connectivity index (χ0n) is 13.8. The van der Waals surface area contributed by atoms with Crippen LogP contribution < -0.4 is 9.47 Å². The molecule has 0 saturated carbocycles. The molecule has 2 atom stereocenters. The van der Waals surface area contributed by atoms with Crippen LogP contribution in [0, 0.1) is 0 Å². The average molecular weight is 308 g/mol. The Morgan fingerprint density at radius 3 is 2.64 bits per heavy atom. The molecule has 0 unspecified atom stereocenters. The summed E-state index contributed by atoms with van der Waals surface area (Å²) >= 11 is 0. The molecule has 0 N–H and O–H groups in total. The highest BCUT2D eigenvalue weighted by Gasteiger charge is 2.36. The van der Waals surface area contributed by atoms with Crippen molar-refractivity contribution in [3.63, 3.8) is 0 Å². The zero-order valence-corrected chi connectivity index (χ0v) is 13.8. The first kappa shape index (κ1) is 16.4. The lowest BCUT2D eigenvalue weighted by molar-refractivity contribution is 0.0224. The van der Waals surface area contributed by atoms with E-state index in [1.165, 1.54) is 0 Å². The van der Waals surface area contributed by atoms with E-state index in [9.17, 15) is 4.79 Å². The normalized spacial score (nSPS) is 21.6. The van der Waals surface area contributed by atoms with Crippen molar-refractivity contribution >= 4 is 6.09 Å². The molecule has 1 amide bonds. The van der Waals surface area contributed by atoms with Crippen LogP contribution in [0.2, 0.25) is 0 Å². The highest BCUT2D eigenvalue weighted by atomic mass is 16.6. The third kappa shape index (κ3) is 4.26. The van der Waals surface area contributed by atoms with Crippen LogP contribution in [0.25, 0.3) is 0 Å². The lowest BCUT2D eigenvalue weighted by Crippen LogP contribution is -2.39. The number of nitrogens with zero attached hydrogens (tertiary/aromatic N) is 2. The number of pyridine rings is 1. The van der Waals surface area contributed by atoms with Crippen LogP contribution >= 0.6 is 0 Å². The van der Waals surface area contributed by atoms with Gasteiger partial charge >= 0.3 is 6.09 Å². The maximum atomic E-state index is 12.2. The molecule has 2 heterocycles. The fourth-order valence-corrected chi connectivity index (χ4v) is 2.39. The third-order valence-corrected chi connectivity index (χ3v) is 3.39. The van der Waals surface area contributed by atoms with E-state index in [1.807, 2.05) is 33.8 Å². The van der Waals surface area contributed by atoms with E-state index in [0.29, 0.717) is 18.2 Å². The summed E-state index contributed by atoms with van der Waals surface area (Å²) in [4.78, 5) is 18.0. The van der Waals surface area contributed by atoms with Crippen LogP contribution in [-0.2, 0) is 4.74 Å². The maximum absolute atomic E-state index is 12.2. The van der Waals surface area contributed by atoms with E-state index in [-0.39, 0.29) is 18.2 Å². The van der Waals surface area contributed by atoms with Crippen molar-refractivity contribution < 1.29 is 19.0 Å². The van der Waals surface area contributed by atoms with E-state index in [0.717, 1.165) is 6.42 Å². The van der Waals surface area contributed by atoms with Crippen molar-refractivity contribution in [2.75, 3.05) is 13.7 Å². The molecule has 2 rings (SSSR count). The van der Waals surface area contributed by atoms with E-state index < -0.39 is 5.60 Å². The molecule has 1 aromatic rings. The standard InChI is InChI=1S/C16H24N2O4/c1-11-8-13(10-18(11)15(19)22-16(2,3)4)21-12-6-7-14(20-5)17-9-12/h6-7,9,11,13H,8,10H2,1-5H3/t11-,13+/m0/s1. The van der Waals surface area contributed by atoms with Crippen molar-refractivity contribution in [1.29, 1.82) is 0 Å². The van der Waals surface area contributed by atoms with E-state index in [1.54, 1.807) is 24.3 Å². The predicted octanol–water partition coefficient (Wildman–Crippen LogP) is 2.87. The van der Waals surface area contributed by atoms with Gasteiger partial charge in [-0.2, -0.15) is 0 Å². The minimum Gasteiger partial charge on any atom is -0.487 e. The van der Waals surface area contributed by atoms with Crippen LogP contribution in [0.3, 0.4) is 0 Å². The maximum Gasteiger partial charge on any atom is 0.410 e. The highest BCUT2D eigenvalue weighted by Crippen LogP contribution is 2.25. The predicted molar refractivity (Wildman–Crippen MR) is 82.2 cm³/mol. The van der Waals surface area contributed by atoms with Crippen molar-refractivity contribution in [3.05, 3.63) is 18.3 Å². The SMILES string of the molecule is COc1ccc(O[C@@H]2C[C@H](C)N(C(=O)OC(C)(C)C)C2)cn1. The molecular formula is C16H24N2O4. The van der Waals surface area contributed by atoms with Gasteiger partial charge in [-0.25, -0.2) is 9.78 Å². The fourth-order valence-electron chi connectivity index (χ4n) is 2.39. The summed E-state index contributed by atoms with van der Waals surface area (Å²) in [7, 11) is 1.57. The molecule has 0 bridgehead atoms. The molecule has 0 radical (unpaired) electrons. The number of methoxy groups -OCH3 is 1. The van der Waals surface area contributed by atoms with Gasteiger partial charge in [-0.05, 0) is 33.8 Å². The van der Waals surface area contributed by atoms with Crippen LogP contribution in [0.4, 0.5) is 4.79 Å². The minimum atomic E-state index is -0.490. The molecule has 22 heavy (non-hydrogen) atoms. The summed E-state index contributed by atoms with van der Waals surface area (Å²) in [6.45, 7) is 8.11. The Hall–Kier alpha value is -1.98. The molecule has 122 valence electrons. The number of rotatable bonds is 3. The smallest absolute Gasteiger partial charge is 0.410 e. The second-order valence-corrected chi connectivity index (χ2v) is 6.49. The second kappa shape index (κ2) is 6.42. The molecule has 0 spiro atoms. The second-order valence-electron chi connectivity index (χ2n) is 6.49. The number of aromatic nitrogens is 1. The van der Waals surface area contributed by atoms with Gasteiger partial charge < -0.3 is 19.1 Å². The van der Waals surface area contributed by atoms with E-state index >= 15 is 0 Å². The molecule has 0 aromatic carbocycles. The molecule has 1 saturated heterocycles. The van der Waals surface area contributed by atoms with Crippen molar-refractivity contribution in [2.24, 2.45) is 0 Å². The van der Waals surface area contributed by atoms with Gasteiger partial charge in [0.05, 0.1) is 19.9 Å². The molecule has 1 aliphatic rings. The largest absolute Gasteiger partial charge is 0.487 e. The lowest BCUT2D eigenvalue weighted by atomic mass is 10.2.